The molecule has 2 aliphatic rings. The van der Waals surface area contributed by atoms with Gasteiger partial charge in [-0.1, -0.05) is 19.9 Å². The number of nitrogens with one attached hydrogen (secondary N) is 2. The lowest BCUT2D eigenvalue weighted by Gasteiger charge is -2.32. The smallest absolute Gasteiger partial charge is 0.245 e. The summed E-state index contributed by atoms with van der Waals surface area (Å²) >= 11 is 0. The molecule has 1 aromatic carbocycles. The Balaban J connectivity index is 1.63. The van der Waals surface area contributed by atoms with E-state index in [1.54, 1.807) is 18.9 Å². The molecule has 3 rings (SSSR count). The highest BCUT2D eigenvalue weighted by Crippen LogP contribution is 2.24. The Kier molecular flexibility index (Phi) is 6.57. The zero-order valence-corrected chi connectivity index (χ0v) is 17.3. The van der Waals surface area contributed by atoms with Crippen molar-refractivity contribution in [3.05, 3.63) is 29.3 Å². The van der Waals surface area contributed by atoms with Gasteiger partial charge in [0.05, 0.1) is 7.11 Å². The van der Waals surface area contributed by atoms with Gasteiger partial charge in [-0.3, -0.25) is 14.5 Å². The van der Waals surface area contributed by atoms with Gasteiger partial charge >= 0.3 is 0 Å². The second kappa shape index (κ2) is 8.92. The van der Waals surface area contributed by atoms with Gasteiger partial charge in [-0.2, -0.15) is 0 Å². The lowest BCUT2D eigenvalue weighted by Crippen LogP contribution is -2.60. The lowest BCUT2D eigenvalue weighted by molar-refractivity contribution is -0.146. The van der Waals surface area contributed by atoms with Gasteiger partial charge in [-0.25, -0.2) is 0 Å². The first-order chi connectivity index (χ1) is 13.5. The van der Waals surface area contributed by atoms with Crippen LogP contribution in [0.4, 0.5) is 0 Å². The van der Waals surface area contributed by atoms with Gasteiger partial charge in [-0.15, -0.1) is 0 Å². The van der Waals surface area contributed by atoms with Crippen molar-refractivity contribution in [2.45, 2.75) is 58.4 Å². The fourth-order valence-electron chi connectivity index (χ4n) is 4.11. The highest BCUT2D eigenvalue weighted by molar-refractivity contribution is 5.97. The van der Waals surface area contributed by atoms with E-state index in [9.17, 15) is 9.59 Å². The van der Waals surface area contributed by atoms with E-state index in [4.69, 9.17) is 4.74 Å². The van der Waals surface area contributed by atoms with Gasteiger partial charge in [0.25, 0.3) is 0 Å². The van der Waals surface area contributed by atoms with E-state index in [1.807, 2.05) is 6.07 Å². The monoisotopic (exact) mass is 388 g/mol. The molecule has 3 atom stereocenters. The molecule has 2 fully saturated rings. The van der Waals surface area contributed by atoms with E-state index in [1.165, 1.54) is 11.1 Å². The van der Waals surface area contributed by atoms with Crippen LogP contribution in [0.25, 0.3) is 0 Å². The molecule has 0 radical (unpaired) electrons. The van der Waals surface area contributed by atoms with Gasteiger partial charge in [0.2, 0.25) is 11.8 Å². The van der Waals surface area contributed by atoms with E-state index < -0.39 is 6.04 Å². The molecular formula is C21H32N4O3. The van der Waals surface area contributed by atoms with E-state index in [2.05, 4.69) is 41.5 Å². The number of hydrogen-bond donors (Lipinski definition) is 2. The highest BCUT2D eigenvalue weighted by atomic mass is 16.5. The zero-order valence-electron chi connectivity index (χ0n) is 17.3. The molecule has 154 valence electrons. The van der Waals surface area contributed by atoms with Crippen LogP contribution in [0.15, 0.2) is 18.2 Å². The molecule has 0 spiro atoms. The number of fused-ring (bicyclic) bond motifs is 1. The van der Waals surface area contributed by atoms with Crippen LogP contribution in [-0.2, 0) is 22.7 Å². The van der Waals surface area contributed by atoms with Crippen LogP contribution in [0, 0.1) is 0 Å². The number of ether oxygens (including phenoxy) is 1. The summed E-state index contributed by atoms with van der Waals surface area (Å²) in [6.45, 7) is 10.2. The summed E-state index contributed by atoms with van der Waals surface area (Å²) in [6.07, 6.45) is 0.659. The minimum atomic E-state index is -0.424. The Morgan fingerprint density at radius 2 is 2.04 bits per heavy atom. The number of carbonyl (C=O) groups excluding carboxylic acids is 2. The minimum absolute atomic E-state index is 0.0138. The summed E-state index contributed by atoms with van der Waals surface area (Å²) in [7, 11) is 1.71. The second-order valence-corrected chi connectivity index (χ2v) is 7.66. The van der Waals surface area contributed by atoms with Crippen LogP contribution in [0.5, 0.6) is 5.75 Å². The quantitative estimate of drug-likeness (QED) is 0.698. The molecule has 0 bridgehead atoms. The molecule has 28 heavy (non-hydrogen) atoms. The van der Waals surface area contributed by atoms with Gasteiger partial charge in [0.15, 0.2) is 0 Å². The first kappa shape index (κ1) is 20.6. The van der Waals surface area contributed by atoms with Crippen molar-refractivity contribution < 1.29 is 14.3 Å². The molecule has 2 saturated heterocycles. The van der Waals surface area contributed by atoms with Crippen molar-refractivity contribution in [3.63, 3.8) is 0 Å². The standard InChI is InChI=1S/C21H32N4O3/c1-5-24(6-2)12-16-9-15(7-8-19(16)28-4)11-22-17-10-18-20(26)23-14(3)21(27)25(18)13-17/h7-9,14,17-18,22H,5-6,10-13H2,1-4H3,(H,23,26)/t14-,17-,18-/m0/s1. The minimum Gasteiger partial charge on any atom is -0.496 e. The van der Waals surface area contributed by atoms with Crippen molar-refractivity contribution in [1.82, 2.24) is 20.4 Å². The first-order valence-electron chi connectivity index (χ1n) is 10.2. The molecule has 2 heterocycles. The van der Waals surface area contributed by atoms with E-state index in [-0.39, 0.29) is 23.9 Å². The average molecular weight is 389 g/mol. The maximum atomic E-state index is 12.3. The van der Waals surface area contributed by atoms with Crippen LogP contribution in [0.1, 0.15) is 38.3 Å². The molecule has 1 aromatic rings. The van der Waals surface area contributed by atoms with E-state index in [0.717, 1.165) is 25.4 Å². The summed E-state index contributed by atoms with van der Waals surface area (Å²) in [4.78, 5) is 28.6. The Morgan fingerprint density at radius 1 is 1.29 bits per heavy atom. The maximum absolute atomic E-state index is 12.3. The van der Waals surface area contributed by atoms with Gasteiger partial charge in [0.1, 0.15) is 17.8 Å². The van der Waals surface area contributed by atoms with Crippen LogP contribution >= 0.6 is 0 Å². The largest absolute Gasteiger partial charge is 0.496 e. The number of benzene rings is 1. The first-order valence-corrected chi connectivity index (χ1v) is 10.2. The van der Waals surface area contributed by atoms with Crippen LogP contribution in [0.3, 0.4) is 0 Å². The van der Waals surface area contributed by atoms with Gasteiger partial charge in [-0.05, 0) is 44.1 Å². The molecule has 0 aliphatic carbocycles. The molecule has 2 amide bonds. The van der Waals surface area contributed by atoms with Crippen LogP contribution in [0.2, 0.25) is 0 Å². The van der Waals surface area contributed by atoms with Crippen molar-refractivity contribution in [3.8, 4) is 5.75 Å². The number of amides is 2. The van der Waals surface area contributed by atoms with Crippen LogP contribution < -0.4 is 15.4 Å². The Labute approximate surface area is 167 Å². The Hall–Kier alpha value is -2.12. The molecule has 2 N–H and O–H groups in total. The van der Waals surface area contributed by atoms with Crippen molar-refractivity contribution in [2.75, 3.05) is 26.7 Å². The van der Waals surface area contributed by atoms with Crippen molar-refractivity contribution in [1.29, 1.82) is 0 Å². The SMILES string of the molecule is CCN(CC)Cc1cc(CN[C@H]2C[C@H]3C(=O)N[C@@H](C)C(=O)N3C2)ccc1OC. The number of nitrogens with zero attached hydrogens (tertiary/aromatic N) is 2. The van der Waals surface area contributed by atoms with Crippen molar-refractivity contribution in [2.24, 2.45) is 0 Å². The Bertz CT molecular complexity index is 720. The van der Waals surface area contributed by atoms with E-state index >= 15 is 0 Å². The highest BCUT2D eigenvalue weighted by Gasteiger charge is 2.44. The molecular weight excluding hydrogens is 356 g/mol. The average Bonchev–Trinajstić information content (AvgIpc) is 3.14. The second-order valence-electron chi connectivity index (χ2n) is 7.66. The number of piperazine rings is 1. The maximum Gasteiger partial charge on any atom is 0.245 e. The summed E-state index contributed by atoms with van der Waals surface area (Å²) in [5.41, 5.74) is 2.36. The predicted molar refractivity (Wildman–Crippen MR) is 108 cm³/mol. The summed E-state index contributed by atoms with van der Waals surface area (Å²) in [5, 5.41) is 6.30. The van der Waals surface area contributed by atoms with Crippen molar-refractivity contribution >= 4 is 11.8 Å². The molecule has 7 heteroatoms. The molecule has 7 nitrogen and oxygen atoms in total. The van der Waals surface area contributed by atoms with E-state index in [0.29, 0.717) is 19.5 Å². The Morgan fingerprint density at radius 3 is 2.71 bits per heavy atom. The normalized spacial score (nSPS) is 24.5. The third kappa shape index (κ3) is 4.31. The predicted octanol–water partition coefficient (Wildman–Crippen LogP) is 1.11. The summed E-state index contributed by atoms with van der Waals surface area (Å²) in [5.74, 6) is 0.882. The number of rotatable bonds is 8. The number of methoxy groups -OCH3 is 1. The van der Waals surface area contributed by atoms with Gasteiger partial charge in [0, 0.05) is 31.2 Å². The molecule has 0 aromatic heterocycles. The zero-order chi connectivity index (χ0) is 20.3. The summed E-state index contributed by atoms with van der Waals surface area (Å²) in [6, 6.07) is 5.64. The number of carbonyl (C=O) groups is 2. The third-order valence-corrected chi connectivity index (χ3v) is 5.84. The number of hydrogen-bond acceptors (Lipinski definition) is 5. The lowest BCUT2D eigenvalue weighted by atomic mass is 10.1. The summed E-state index contributed by atoms with van der Waals surface area (Å²) < 4.78 is 5.53. The van der Waals surface area contributed by atoms with Crippen LogP contribution in [-0.4, -0.2) is 66.5 Å². The molecule has 0 saturated carbocycles. The third-order valence-electron chi connectivity index (χ3n) is 5.84. The topological polar surface area (TPSA) is 73.9 Å². The fraction of sp³-hybridized carbons (Fsp3) is 0.619. The fourth-order valence-corrected chi connectivity index (χ4v) is 4.11. The molecule has 2 aliphatic heterocycles. The van der Waals surface area contributed by atoms with Gasteiger partial charge < -0.3 is 20.3 Å². The molecule has 0 unspecified atom stereocenters.